The van der Waals surface area contributed by atoms with Crippen molar-refractivity contribution in [1.29, 1.82) is 0 Å². The highest BCUT2D eigenvalue weighted by molar-refractivity contribution is 4.77. The first-order valence-corrected chi connectivity index (χ1v) is 7.70. The highest BCUT2D eigenvalue weighted by Gasteiger charge is 2.23. The normalized spacial score (nSPS) is 15.3. The molecule has 1 atom stereocenters. The Labute approximate surface area is 115 Å². The van der Waals surface area contributed by atoms with Crippen LogP contribution in [0, 0.1) is 11.3 Å². The van der Waals surface area contributed by atoms with Crippen LogP contribution in [0.4, 0.5) is 0 Å². The van der Waals surface area contributed by atoms with Gasteiger partial charge in [-0.05, 0) is 30.6 Å². The second-order valence-corrected chi connectivity index (χ2v) is 6.64. The molecule has 0 bridgehead atoms. The zero-order valence-corrected chi connectivity index (χ0v) is 13.5. The summed E-state index contributed by atoms with van der Waals surface area (Å²) in [7, 11) is 0. The molecule has 2 heteroatoms. The van der Waals surface area contributed by atoms with Crippen LogP contribution in [0.15, 0.2) is 0 Å². The van der Waals surface area contributed by atoms with Crippen LogP contribution in [0.3, 0.4) is 0 Å². The number of nitrogens with one attached hydrogen (secondary N) is 1. The van der Waals surface area contributed by atoms with Gasteiger partial charge in [-0.15, -0.1) is 0 Å². The van der Waals surface area contributed by atoms with Crippen molar-refractivity contribution in [1.82, 2.24) is 5.32 Å². The predicted octanol–water partition coefficient (Wildman–Crippen LogP) is 4.24. The van der Waals surface area contributed by atoms with Crippen LogP contribution in [0.25, 0.3) is 0 Å². The number of hydrogen-bond acceptors (Lipinski definition) is 2. The van der Waals surface area contributed by atoms with E-state index in [9.17, 15) is 0 Å². The Bertz CT molecular complexity index is 192. The van der Waals surface area contributed by atoms with Crippen molar-refractivity contribution in [2.45, 2.75) is 73.3 Å². The van der Waals surface area contributed by atoms with Crippen LogP contribution in [0.2, 0.25) is 0 Å². The maximum atomic E-state index is 5.77. The minimum absolute atomic E-state index is 0.386. The van der Waals surface area contributed by atoms with Gasteiger partial charge < -0.3 is 10.1 Å². The Balaban J connectivity index is 3.86. The van der Waals surface area contributed by atoms with Gasteiger partial charge in [-0.2, -0.15) is 0 Å². The largest absolute Gasteiger partial charge is 0.381 e. The van der Waals surface area contributed by atoms with Crippen LogP contribution in [0.5, 0.6) is 0 Å². The standard InChI is InChI=1S/C16H35NO/c1-7-9-16(6,13-17-15(4)5)10-12-18-11-8-14(2)3/h14-15,17H,7-13H2,1-6H3. The van der Waals surface area contributed by atoms with Gasteiger partial charge in [-0.25, -0.2) is 0 Å². The lowest BCUT2D eigenvalue weighted by atomic mass is 9.82. The first-order valence-electron chi connectivity index (χ1n) is 7.70. The molecule has 0 spiro atoms. The lowest BCUT2D eigenvalue weighted by Crippen LogP contribution is -2.36. The number of hydrogen-bond donors (Lipinski definition) is 1. The van der Waals surface area contributed by atoms with Crippen molar-refractivity contribution in [3.8, 4) is 0 Å². The molecule has 0 saturated heterocycles. The fourth-order valence-electron chi connectivity index (χ4n) is 2.10. The molecule has 0 aromatic rings. The summed E-state index contributed by atoms with van der Waals surface area (Å²) < 4.78 is 5.77. The van der Waals surface area contributed by atoms with Crippen LogP contribution in [0.1, 0.15) is 67.2 Å². The van der Waals surface area contributed by atoms with Gasteiger partial charge in [0.25, 0.3) is 0 Å². The van der Waals surface area contributed by atoms with Crippen molar-refractivity contribution < 1.29 is 4.74 Å². The first kappa shape index (κ1) is 17.9. The van der Waals surface area contributed by atoms with Crippen molar-refractivity contribution in [3.05, 3.63) is 0 Å². The second kappa shape index (κ2) is 9.80. The third-order valence-corrected chi connectivity index (χ3v) is 3.48. The van der Waals surface area contributed by atoms with Gasteiger partial charge >= 0.3 is 0 Å². The second-order valence-electron chi connectivity index (χ2n) is 6.64. The molecule has 18 heavy (non-hydrogen) atoms. The molecule has 0 heterocycles. The molecule has 0 aliphatic heterocycles. The van der Waals surface area contributed by atoms with Crippen LogP contribution < -0.4 is 5.32 Å². The molecule has 0 rings (SSSR count). The van der Waals surface area contributed by atoms with E-state index in [0.717, 1.165) is 25.7 Å². The molecular weight excluding hydrogens is 222 g/mol. The lowest BCUT2D eigenvalue weighted by molar-refractivity contribution is 0.0868. The van der Waals surface area contributed by atoms with E-state index in [1.807, 2.05) is 0 Å². The summed E-state index contributed by atoms with van der Waals surface area (Å²) in [6, 6.07) is 0.572. The molecule has 0 saturated carbocycles. The third kappa shape index (κ3) is 9.90. The average molecular weight is 257 g/mol. The molecule has 110 valence electrons. The van der Waals surface area contributed by atoms with Crippen LogP contribution in [-0.4, -0.2) is 25.8 Å². The fourth-order valence-corrected chi connectivity index (χ4v) is 2.10. The number of ether oxygens (including phenoxy) is 1. The summed E-state index contributed by atoms with van der Waals surface area (Å²) in [6.45, 7) is 16.5. The average Bonchev–Trinajstić information content (AvgIpc) is 2.26. The topological polar surface area (TPSA) is 21.3 Å². The summed E-state index contributed by atoms with van der Waals surface area (Å²) in [5.74, 6) is 0.745. The Hall–Kier alpha value is -0.0800. The van der Waals surface area contributed by atoms with Gasteiger partial charge in [0.15, 0.2) is 0 Å². The van der Waals surface area contributed by atoms with E-state index in [-0.39, 0.29) is 0 Å². The monoisotopic (exact) mass is 257 g/mol. The van der Waals surface area contributed by atoms with Crippen molar-refractivity contribution in [2.24, 2.45) is 11.3 Å². The van der Waals surface area contributed by atoms with E-state index in [1.165, 1.54) is 25.7 Å². The zero-order valence-electron chi connectivity index (χ0n) is 13.5. The highest BCUT2D eigenvalue weighted by Crippen LogP contribution is 2.27. The molecule has 0 radical (unpaired) electrons. The van der Waals surface area contributed by atoms with Gasteiger partial charge in [0, 0.05) is 25.8 Å². The molecular formula is C16H35NO. The van der Waals surface area contributed by atoms with Crippen molar-refractivity contribution in [3.63, 3.8) is 0 Å². The van der Waals surface area contributed by atoms with E-state index in [2.05, 4.69) is 46.9 Å². The van der Waals surface area contributed by atoms with E-state index in [4.69, 9.17) is 4.74 Å². The SMILES string of the molecule is CCCC(C)(CCOCCC(C)C)CNC(C)C. The summed E-state index contributed by atoms with van der Waals surface area (Å²) >= 11 is 0. The highest BCUT2D eigenvalue weighted by atomic mass is 16.5. The van der Waals surface area contributed by atoms with E-state index in [1.54, 1.807) is 0 Å². The predicted molar refractivity (Wildman–Crippen MR) is 81.0 cm³/mol. The Kier molecular flexibility index (Phi) is 9.76. The van der Waals surface area contributed by atoms with Crippen LogP contribution >= 0.6 is 0 Å². The molecule has 0 aliphatic carbocycles. The summed E-state index contributed by atoms with van der Waals surface area (Å²) in [5, 5.41) is 3.57. The maximum absolute atomic E-state index is 5.77. The minimum Gasteiger partial charge on any atom is -0.381 e. The Morgan fingerprint density at radius 1 is 1.06 bits per heavy atom. The molecule has 0 fully saturated rings. The molecule has 1 N–H and O–H groups in total. The fraction of sp³-hybridized carbons (Fsp3) is 1.00. The molecule has 2 nitrogen and oxygen atoms in total. The molecule has 1 unspecified atom stereocenters. The smallest absolute Gasteiger partial charge is 0.0471 e. The lowest BCUT2D eigenvalue weighted by Gasteiger charge is -2.30. The Morgan fingerprint density at radius 2 is 1.72 bits per heavy atom. The first-order chi connectivity index (χ1) is 8.39. The molecule has 0 aromatic carbocycles. The number of rotatable bonds is 11. The summed E-state index contributed by atoms with van der Waals surface area (Å²) in [5.41, 5.74) is 0.386. The van der Waals surface area contributed by atoms with E-state index < -0.39 is 0 Å². The van der Waals surface area contributed by atoms with Gasteiger partial charge in [-0.3, -0.25) is 0 Å². The minimum atomic E-state index is 0.386. The van der Waals surface area contributed by atoms with Gasteiger partial charge in [0.2, 0.25) is 0 Å². The quantitative estimate of drug-likeness (QED) is 0.559. The van der Waals surface area contributed by atoms with Crippen LogP contribution in [-0.2, 0) is 4.74 Å². The maximum Gasteiger partial charge on any atom is 0.0471 e. The molecule has 0 amide bonds. The van der Waals surface area contributed by atoms with Gasteiger partial charge in [0.1, 0.15) is 0 Å². The summed E-state index contributed by atoms with van der Waals surface area (Å²) in [4.78, 5) is 0. The van der Waals surface area contributed by atoms with Crippen molar-refractivity contribution in [2.75, 3.05) is 19.8 Å². The molecule has 0 aromatic heterocycles. The van der Waals surface area contributed by atoms with Gasteiger partial charge in [-0.1, -0.05) is 48.0 Å². The van der Waals surface area contributed by atoms with E-state index in [0.29, 0.717) is 11.5 Å². The zero-order chi connectivity index (χ0) is 14.0. The Morgan fingerprint density at radius 3 is 2.22 bits per heavy atom. The third-order valence-electron chi connectivity index (χ3n) is 3.48. The van der Waals surface area contributed by atoms with E-state index >= 15 is 0 Å². The van der Waals surface area contributed by atoms with Crippen molar-refractivity contribution >= 4 is 0 Å². The van der Waals surface area contributed by atoms with Gasteiger partial charge in [0.05, 0.1) is 0 Å². The summed E-state index contributed by atoms with van der Waals surface area (Å²) in [6.07, 6.45) is 4.87. The molecule has 0 aliphatic rings.